The zero-order valence-electron chi connectivity index (χ0n) is 20.4. The summed E-state index contributed by atoms with van der Waals surface area (Å²) < 4.78 is 29.7. The zero-order valence-corrected chi connectivity index (χ0v) is 20.4. The second-order valence-corrected chi connectivity index (χ2v) is 8.87. The van der Waals surface area contributed by atoms with Crippen LogP contribution in [0.15, 0.2) is 61.1 Å². The van der Waals surface area contributed by atoms with E-state index in [2.05, 4.69) is 20.5 Å². The molecule has 0 aliphatic carbocycles. The van der Waals surface area contributed by atoms with Crippen LogP contribution in [0.5, 0.6) is 11.6 Å². The Morgan fingerprint density at radius 3 is 2.76 bits per heavy atom. The first-order valence-corrected chi connectivity index (χ1v) is 12.2. The number of benzene rings is 1. The smallest absolute Gasteiger partial charge is 0.405 e. The minimum atomic E-state index is -1.21. The van der Waals surface area contributed by atoms with Gasteiger partial charge in [-0.25, -0.2) is 18.9 Å². The Kier molecular flexibility index (Phi) is 7.61. The largest absolute Gasteiger partial charge is 0.465 e. The normalized spacial score (nSPS) is 16.2. The number of aliphatic hydroxyl groups excluding tert-OH is 1. The van der Waals surface area contributed by atoms with E-state index in [0.717, 1.165) is 30.5 Å². The van der Waals surface area contributed by atoms with Gasteiger partial charge in [-0.15, -0.1) is 0 Å². The summed E-state index contributed by atoms with van der Waals surface area (Å²) in [6, 6.07) is 11.2. The van der Waals surface area contributed by atoms with Crippen molar-refractivity contribution >= 4 is 6.09 Å². The van der Waals surface area contributed by atoms with Crippen molar-refractivity contribution in [2.45, 2.75) is 38.1 Å². The van der Waals surface area contributed by atoms with Crippen LogP contribution in [0.25, 0.3) is 22.5 Å². The summed E-state index contributed by atoms with van der Waals surface area (Å²) in [5.74, 6) is -0.346. The summed E-state index contributed by atoms with van der Waals surface area (Å²) in [6.45, 7) is 0.509. The topological polar surface area (TPSA) is 137 Å². The number of hydrogen-bond donors (Lipinski definition) is 3. The molecule has 3 aromatic heterocycles. The summed E-state index contributed by atoms with van der Waals surface area (Å²) in [7, 11) is 0. The quantitative estimate of drug-likeness (QED) is 0.299. The summed E-state index contributed by atoms with van der Waals surface area (Å²) in [5, 5.41) is 29.2. The van der Waals surface area contributed by atoms with Crippen LogP contribution in [-0.4, -0.2) is 60.1 Å². The van der Waals surface area contributed by atoms with E-state index in [0.29, 0.717) is 23.6 Å². The molecule has 11 nitrogen and oxygen atoms in total. The molecule has 3 N–H and O–H groups in total. The molecule has 1 unspecified atom stereocenters. The van der Waals surface area contributed by atoms with Crippen molar-refractivity contribution in [3.8, 4) is 34.1 Å². The highest BCUT2D eigenvalue weighted by Gasteiger charge is 2.21. The zero-order chi connectivity index (χ0) is 26.5. The first-order chi connectivity index (χ1) is 18.5. The lowest BCUT2D eigenvalue weighted by atomic mass is 10.1. The van der Waals surface area contributed by atoms with Crippen LogP contribution in [0.3, 0.4) is 0 Å². The van der Waals surface area contributed by atoms with Crippen LogP contribution >= 0.6 is 0 Å². The van der Waals surface area contributed by atoms with E-state index in [9.17, 15) is 14.3 Å². The number of hydrogen-bond acceptors (Lipinski definition) is 7. The molecule has 5 rings (SSSR count). The molecular formula is C26H27FN6O5. The molecule has 1 aromatic carbocycles. The molecule has 0 bridgehead atoms. The molecule has 198 valence electrons. The third-order valence-electron chi connectivity index (χ3n) is 6.16. The highest BCUT2D eigenvalue weighted by Crippen LogP contribution is 2.31. The van der Waals surface area contributed by atoms with Crippen LogP contribution in [0.1, 0.15) is 25.5 Å². The van der Waals surface area contributed by atoms with Gasteiger partial charge in [0.1, 0.15) is 5.75 Å². The number of amides is 1. The summed E-state index contributed by atoms with van der Waals surface area (Å²) in [6.07, 6.45) is 6.46. The number of nitrogens with one attached hydrogen (secondary N) is 1. The van der Waals surface area contributed by atoms with E-state index in [4.69, 9.17) is 14.6 Å². The van der Waals surface area contributed by atoms with Crippen molar-refractivity contribution < 1.29 is 28.9 Å². The second-order valence-electron chi connectivity index (χ2n) is 8.87. The number of aliphatic hydroxyl groups is 1. The predicted octanol–water partition coefficient (Wildman–Crippen LogP) is 4.07. The standard InChI is InChI=1S/C26H27FN6O5/c27-21-13-18(23-8-10-29-33(23)24-3-1-2-12-37-24)14-28-25(21)38-20-6-4-17(5-7-20)22-9-11-32(31-22)15-19(16-34)30-26(35)36/h4-11,13-14,19,24,30,34H,1-3,12,15-16H2,(H,35,36)/t19-,24?/m0/s1. The summed E-state index contributed by atoms with van der Waals surface area (Å²) in [4.78, 5) is 15.0. The first-order valence-electron chi connectivity index (χ1n) is 12.2. The molecule has 1 amide bonds. The Bertz CT molecular complexity index is 1380. The average Bonchev–Trinajstić information content (AvgIpc) is 3.60. The molecule has 2 atom stereocenters. The maximum Gasteiger partial charge on any atom is 0.405 e. The number of rotatable bonds is 9. The lowest BCUT2D eigenvalue weighted by Gasteiger charge is -2.24. The minimum Gasteiger partial charge on any atom is -0.465 e. The summed E-state index contributed by atoms with van der Waals surface area (Å²) >= 11 is 0. The molecule has 12 heteroatoms. The SMILES string of the molecule is O=C(O)N[C@H](CO)Cn1ccc(-c2ccc(Oc3ncc(-c4ccnn4C4CCCCO4)cc3F)cc2)n1. The van der Waals surface area contributed by atoms with Gasteiger partial charge >= 0.3 is 6.09 Å². The van der Waals surface area contributed by atoms with Gasteiger partial charge < -0.3 is 25.0 Å². The second kappa shape index (κ2) is 11.4. The van der Waals surface area contributed by atoms with Crippen LogP contribution < -0.4 is 10.1 Å². The number of carbonyl (C=O) groups is 1. The lowest BCUT2D eigenvalue weighted by molar-refractivity contribution is -0.0383. The highest BCUT2D eigenvalue weighted by atomic mass is 19.1. The molecule has 0 saturated carbocycles. The van der Waals surface area contributed by atoms with Gasteiger partial charge in [0.05, 0.1) is 30.6 Å². The molecule has 38 heavy (non-hydrogen) atoms. The molecule has 0 spiro atoms. The van der Waals surface area contributed by atoms with E-state index in [1.54, 1.807) is 58.3 Å². The van der Waals surface area contributed by atoms with Crippen LogP contribution in [-0.2, 0) is 11.3 Å². The molecule has 4 aromatic rings. The third kappa shape index (κ3) is 5.82. The maximum atomic E-state index is 14.9. The van der Waals surface area contributed by atoms with E-state index >= 15 is 0 Å². The third-order valence-corrected chi connectivity index (χ3v) is 6.16. The fourth-order valence-electron chi connectivity index (χ4n) is 4.30. The monoisotopic (exact) mass is 522 g/mol. The van der Waals surface area contributed by atoms with Gasteiger partial charge in [0.15, 0.2) is 12.0 Å². The molecule has 0 radical (unpaired) electrons. The Labute approximate surface area is 217 Å². The predicted molar refractivity (Wildman–Crippen MR) is 134 cm³/mol. The fraction of sp³-hybridized carbons (Fsp3) is 0.308. The van der Waals surface area contributed by atoms with Crippen molar-refractivity contribution in [2.24, 2.45) is 0 Å². The number of halogens is 1. The van der Waals surface area contributed by atoms with Gasteiger partial charge in [0.25, 0.3) is 5.88 Å². The van der Waals surface area contributed by atoms with E-state index in [1.165, 1.54) is 6.07 Å². The van der Waals surface area contributed by atoms with Crippen molar-refractivity contribution in [1.29, 1.82) is 0 Å². The van der Waals surface area contributed by atoms with Gasteiger partial charge in [-0.2, -0.15) is 10.2 Å². The number of nitrogens with zero attached hydrogens (tertiary/aromatic N) is 5. The van der Waals surface area contributed by atoms with Crippen LogP contribution in [0, 0.1) is 5.82 Å². The van der Waals surface area contributed by atoms with Crippen molar-refractivity contribution in [1.82, 2.24) is 29.9 Å². The molecule has 1 fully saturated rings. The lowest BCUT2D eigenvalue weighted by Crippen LogP contribution is -2.39. The van der Waals surface area contributed by atoms with Crippen molar-refractivity contribution in [3.63, 3.8) is 0 Å². The fourth-order valence-corrected chi connectivity index (χ4v) is 4.30. The number of ether oxygens (including phenoxy) is 2. The Balaban J connectivity index is 1.25. The van der Waals surface area contributed by atoms with Crippen molar-refractivity contribution in [3.05, 3.63) is 66.9 Å². The van der Waals surface area contributed by atoms with Crippen LogP contribution in [0.2, 0.25) is 0 Å². The van der Waals surface area contributed by atoms with Gasteiger partial charge in [-0.3, -0.25) is 4.68 Å². The molecule has 4 heterocycles. The Morgan fingerprint density at radius 1 is 1.21 bits per heavy atom. The summed E-state index contributed by atoms with van der Waals surface area (Å²) in [5.41, 5.74) is 2.73. The molecule has 1 aliphatic rings. The average molecular weight is 523 g/mol. The van der Waals surface area contributed by atoms with Crippen molar-refractivity contribution in [2.75, 3.05) is 13.2 Å². The van der Waals surface area contributed by atoms with Crippen LogP contribution in [0.4, 0.5) is 9.18 Å². The number of aromatic nitrogens is 5. The van der Waals surface area contributed by atoms with Gasteiger partial charge in [-0.05, 0) is 61.7 Å². The van der Waals surface area contributed by atoms with Gasteiger partial charge in [0, 0.05) is 36.3 Å². The first kappa shape index (κ1) is 25.4. The Hall–Kier alpha value is -4.29. The minimum absolute atomic E-state index is 0.147. The highest BCUT2D eigenvalue weighted by molar-refractivity contribution is 5.65. The van der Waals surface area contributed by atoms with E-state index < -0.39 is 18.0 Å². The Morgan fingerprint density at radius 2 is 2.05 bits per heavy atom. The van der Waals surface area contributed by atoms with E-state index in [-0.39, 0.29) is 25.3 Å². The number of pyridine rings is 1. The molecule has 1 aliphatic heterocycles. The van der Waals surface area contributed by atoms with Gasteiger partial charge in [0.2, 0.25) is 0 Å². The number of carboxylic acid groups (broad SMARTS) is 1. The van der Waals surface area contributed by atoms with Gasteiger partial charge in [-0.1, -0.05) is 0 Å². The van der Waals surface area contributed by atoms with E-state index in [1.807, 2.05) is 6.07 Å². The maximum absolute atomic E-state index is 14.9. The molecular weight excluding hydrogens is 495 g/mol. The molecule has 1 saturated heterocycles.